The van der Waals surface area contributed by atoms with Crippen LogP contribution in [-0.2, 0) is 25.5 Å². The molecule has 1 amide bonds. The van der Waals surface area contributed by atoms with Gasteiger partial charge in [0.25, 0.3) is 0 Å². The van der Waals surface area contributed by atoms with Crippen LogP contribution < -0.4 is 5.32 Å². The number of carbonyl (C=O) groups is 3. The number of methoxy groups -OCH3 is 1. The number of nitrogens with zero attached hydrogens (tertiary/aromatic N) is 1. The van der Waals surface area contributed by atoms with E-state index in [2.05, 4.69) is 5.32 Å². The lowest BCUT2D eigenvalue weighted by Crippen LogP contribution is -2.43. The Kier molecular flexibility index (Phi) is 7.03. The molecule has 0 spiro atoms. The number of rotatable bonds is 6. The molecule has 1 saturated carbocycles. The standard InChI is InChI=1S/C24H32N2O5/c1-24(2,3)31-23(29)26-15-17(18-11-7-8-12-20(18)26)14-19(22(28)30-4)25-21(27)13-16-9-5-6-10-16/h7-8,11-12,15-16,19H,5-6,9-10,13-14H2,1-4H3,(H,25,27)/t19-/m1/s1. The fraction of sp³-hybridized carbons (Fsp3) is 0.542. The highest BCUT2D eigenvalue weighted by atomic mass is 16.6. The Hall–Kier alpha value is -2.83. The molecule has 31 heavy (non-hydrogen) atoms. The fourth-order valence-electron chi connectivity index (χ4n) is 4.16. The van der Waals surface area contributed by atoms with Gasteiger partial charge in [0, 0.05) is 24.4 Å². The lowest BCUT2D eigenvalue weighted by molar-refractivity contribution is -0.145. The Balaban J connectivity index is 1.83. The van der Waals surface area contributed by atoms with Crippen LogP contribution in [-0.4, -0.2) is 41.3 Å². The molecular formula is C24H32N2O5. The van der Waals surface area contributed by atoms with Crippen LogP contribution in [0, 0.1) is 5.92 Å². The number of aromatic nitrogens is 1. The van der Waals surface area contributed by atoms with Crippen molar-refractivity contribution in [2.24, 2.45) is 5.92 Å². The number of hydrogen-bond donors (Lipinski definition) is 1. The van der Waals surface area contributed by atoms with Gasteiger partial charge in [0.1, 0.15) is 11.6 Å². The third-order valence-corrected chi connectivity index (χ3v) is 5.58. The quantitative estimate of drug-likeness (QED) is 0.697. The molecule has 0 radical (unpaired) electrons. The molecule has 1 N–H and O–H groups in total. The predicted molar refractivity (Wildman–Crippen MR) is 118 cm³/mol. The number of para-hydroxylation sites is 1. The zero-order valence-corrected chi connectivity index (χ0v) is 18.8. The molecule has 0 saturated heterocycles. The van der Waals surface area contributed by atoms with E-state index in [1.807, 2.05) is 45.0 Å². The third-order valence-electron chi connectivity index (χ3n) is 5.58. The summed E-state index contributed by atoms with van der Waals surface area (Å²) in [5.41, 5.74) is 0.816. The van der Waals surface area contributed by atoms with Crippen LogP contribution >= 0.6 is 0 Å². The molecule has 1 aliphatic carbocycles. The van der Waals surface area contributed by atoms with E-state index in [9.17, 15) is 14.4 Å². The predicted octanol–water partition coefficient (Wildman–Crippen LogP) is 4.21. The van der Waals surface area contributed by atoms with Crippen LogP contribution in [0.1, 0.15) is 58.4 Å². The summed E-state index contributed by atoms with van der Waals surface area (Å²) in [6, 6.07) is 6.61. The number of hydrogen-bond acceptors (Lipinski definition) is 5. The molecule has 1 atom stereocenters. The second-order valence-electron chi connectivity index (χ2n) is 9.22. The van der Waals surface area contributed by atoms with Gasteiger partial charge in [-0.3, -0.25) is 9.36 Å². The topological polar surface area (TPSA) is 86.6 Å². The molecular weight excluding hydrogens is 396 g/mol. The first-order valence-corrected chi connectivity index (χ1v) is 10.9. The van der Waals surface area contributed by atoms with E-state index in [0.717, 1.165) is 36.6 Å². The summed E-state index contributed by atoms with van der Waals surface area (Å²) < 4.78 is 11.9. The number of nitrogens with one attached hydrogen (secondary N) is 1. The first-order valence-electron chi connectivity index (χ1n) is 10.9. The summed E-state index contributed by atoms with van der Waals surface area (Å²) in [6.45, 7) is 5.43. The number of carbonyl (C=O) groups excluding carboxylic acids is 3. The zero-order valence-electron chi connectivity index (χ0n) is 18.8. The lowest BCUT2D eigenvalue weighted by Gasteiger charge is -2.19. The van der Waals surface area contributed by atoms with Gasteiger partial charge < -0.3 is 14.8 Å². The van der Waals surface area contributed by atoms with E-state index in [1.54, 1.807) is 6.20 Å². The average Bonchev–Trinajstić information content (AvgIpc) is 3.33. The maximum absolute atomic E-state index is 12.7. The van der Waals surface area contributed by atoms with Gasteiger partial charge in [-0.25, -0.2) is 9.59 Å². The minimum absolute atomic E-state index is 0.141. The Morgan fingerprint density at radius 3 is 2.48 bits per heavy atom. The molecule has 7 nitrogen and oxygen atoms in total. The molecule has 3 rings (SSSR count). The highest BCUT2D eigenvalue weighted by molar-refractivity contribution is 5.93. The molecule has 7 heteroatoms. The lowest BCUT2D eigenvalue weighted by atomic mass is 10.0. The molecule has 168 valence electrons. The summed E-state index contributed by atoms with van der Waals surface area (Å²) in [4.78, 5) is 37.7. The number of ether oxygens (including phenoxy) is 2. The highest BCUT2D eigenvalue weighted by Crippen LogP contribution is 2.28. The first-order chi connectivity index (χ1) is 14.7. The van der Waals surface area contributed by atoms with Crippen LogP contribution in [0.2, 0.25) is 0 Å². The molecule has 0 unspecified atom stereocenters. The SMILES string of the molecule is COC(=O)[C@@H](Cc1cn(C(=O)OC(C)(C)C)c2ccccc12)NC(=O)CC1CCCC1. The molecule has 1 aromatic heterocycles. The van der Waals surface area contributed by atoms with Gasteiger partial charge in [0.15, 0.2) is 0 Å². The van der Waals surface area contributed by atoms with E-state index in [4.69, 9.17) is 9.47 Å². The smallest absolute Gasteiger partial charge is 0.419 e. The average molecular weight is 429 g/mol. The van der Waals surface area contributed by atoms with E-state index < -0.39 is 23.7 Å². The van der Waals surface area contributed by atoms with E-state index in [-0.39, 0.29) is 12.3 Å². The number of fused-ring (bicyclic) bond motifs is 1. The molecule has 0 aliphatic heterocycles. The van der Waals surface area contributed by atoms with Gasteiger partial charge in [-0.1, -0.05) is 31.0 Å². The number of esters is 1. The minimum Gasteiger partial charge on any atom is -0.467 e. The largest absolute Gasteiger partial charge is 0.467 e. The van der Waals surface area contributed by atoms with Crippen molar-refractivity contribution in [3.8, 4) is 0 Å². The van der Waals surface area contributed by atoms with Crippen LogP contribution in [0.3, 0.4) is 0 Å². The Bertz CT molecular complexity index is 951. The van der Waals surface area contributed by atoms with Crippen molar-refractivity contribution in [1.29, 1.82) is 0 Å². The summed E-state index contributed by atoms with van der Waals surface area (Å²) in [6.07, 6.45) is 6.25. The van der Waals surface area contributed by atoms with Gasteiger partial charge >= 0.3 is 12.1 Å². The second-order valence-corrected chi connectivity index (χ2v) is 9.22. The summed E-state index contributed by atoms with van der Waals surface area (Å²) in [5, 5.41) is 3.67. The van der Waals surface area contributed by atoms with Crippen molar-refractivity contribution in [1.82, 2.24) is 9.88 Å². The Morgan fingerprint density at radius 1 is 1.16 bits per heavy atom. The fourth-order valence-corrected chi connectivity index (χ4v) is 4.16. The number of amides is 1. The third kappa shape index (κ3) is 5.87. The molecule has 1 aliphatic rings. The van der Waals surface area contributed by atoms with Gasteiger partial charge in [-0.2, -0.15) is 0 Å². The van der Waals surface area contributed by atoms with Gasteiger partial charge in [0.05, 0.1) is 12.6 Å². The summed E-state index contributed by atoms with van der Waals surface area (Å²) in [5.74, 6) is -0.264. The van der Waals surface area contributed by atoms with E-state index >= 15 is 0 Å². The van der Waals surface area contributed by atoms with Crippen molar-refractivity contribution >= 4 is 28.9 Å². The Morgan fingerprint density at radius 2 is 1.84 bits per heavy atom. The molecule has 1 aromatic carbocycles. The van der Waals surface area contributed by atoms with Gasteiger partial charge in [0.2, 0.25) is 5.91 Å². The van der Waals surface area contributed by atoms with Crippen molar-refractivity contribution < 1.29 is 23.9 Å². The summed E-state index contributed by atoms with van der Waals surface area (Å²) in [7, 11) is 1.31. The van der Waals surface area contributed by atoms with Crippen molar-refractivity contribution in [3.63, 3.8) is 0 Å². The normalized spacial score (nSPS) is 15.6. The maximum atomic E-state index is 12.7. The van der Waals surface area contributed by atoms with Crippen LogP contribution in [0.25, 0.3) is 10.9 Å². The Labute approximate surface area is 183 Å². The van der Waals surface area contributed by atoms with Crippen LogP contribution in [0.15, 0.2) is 30.5 Å². The highest BCUT2D eigenvalue weighted by Gasteiger charge is 2.27. The maximum Gasteiger partial charge on any atom is 0.419 e. The van der Waals surface area contributed by atoms with Crippen LogP contribution in [0.5, 0.6) is 0 Å². The minimum atomic E-state index is -0.822. The molecule has 1 fully saturated rings. The van der Waals surface area contributed by atoms with Crippen molar-refractivity contribution in [3.05, 3.63) is 36.0 Å². The molecule has 1 heterocycles. The van der Waals surface area contributed by atoms with E-state index in [0.29, 0.717) is 17.9 Å². The monoisotopic (exact) mass is 428 g/mol. The number of benzene rings is 1. The molecule has 2 aromatic rings. The second kappa shape index (κ2) is 9.54. The van der Waals surface area contributed by atoms with Gasteiger partial charge in [-0.15, -0.1) is 0 Å². The van der Waals surface area contributed by atoms with Crippen molar-refractivity contribution in [2.45, 2.75) is 70.9 Å². The van der Waals surface area contributed by atoms with Crippen LogP contribution in [0.4, 0.5) is 4.79 Å². The zero-order chi connectivity index (χ0) is 22.6. The molecule has 0 bridgehead atoms. The van der Waals surface area contributed by atoms with Crippen molar-refractivity contribution in [2.75, 3.05) is 7.11 Å². The van der Waals surface area contributed by atoms with Gasteiger partial charge in [-0.05, 0) is 51.2 Å². The first kappa shape index (κ1) is 22.8. The van der Waals surface area contributed by atoms with E-state index in [1.165, 1.54) is 11.7 Å². The summed E-state index contributed by atoms with van der Waals surface area (Å²) >= 11 is 0.